The number of amides is 4. The van der Waals surface area contributed by atoms with Crippen LogP contribution in [0.5, 0.6) is 5.75 Å². The SMILES string of the molecule is CCOC(=O)CCN1CCC(N2CCN(C(=O)[C@H](C)Cc3ccc(O)c(Br)c3)CC2)CC1.COC(=O)N1CCC(N2CCc3ccccc3NC2=O)CC1. The monoisotopic (exact) mass is 812 g/mol. The van der Waals surface area contributed by atoms with Gasteiger partial charge >= 0.3 is 18.1 Å². The molecule has 0 aliphatic carbocycles. The maximum atomic E-state index is 13.0. The average Bonchev–Trinajstić information content (AvgIpc) is 3.36. The van der Waals surface area contributed by atoms with Crippen LogP contribution in [-0.2, 0) is 31.9 Å². The van der Waals surface area contributed by atoms with E-state index >= 15 is 0 Å². The first-order valence-corrected chi connectivity index (χ1v) is 20.2. The Kier molecular flexibility index (Phi) is 15.4. The van der Waals surface area contributed by atoms with Crippen molar-refractivity contribution in [2.75, 3.05) is 84.5 Å². The zero-order valence-electron chi connectivity index (χ0n) is 32.0. The van der Waals surface area contributed by atoms with Crippen molar-refractivity contribution in [2.24, 2.45) is 5.92 Å². The zero-order valence-corrected chi connectivity index (χ0v) is 33.6. The van der Waals surface area contributed by atoms with Crippen LogP contribution in [0, 0.1) is 5.92 Å². The Morgan fingerprint density at radius 2 is 1.59 bits per heavy atom. The second-order valence-electron chi connectivity index (χ2n) is 14.6. The van der Waals surface area contributed by atoms with Crippen molar-refractivity contribution in [3.63, 3.8) is 0 Å². The largest absolute Gasteiger partial charge is 0.507 e. The predicted octanol–water partition coefficient (Wildman–Crippen LogP) is 5.20. The number of carbonyl (C=O) groups excluding carboxylic acids is 4. The summed E-state index contributed by atoms with van der Waals surface area (Å²) in [6.07, 6.45) is 5.52. The summed E-state index contributed by atoms with van der Waals surface area (Å²) < 4.78 is 10.4. The quantitative estimate of drug-likeness (QED) is 0.328. The Bertz CT molecular complexity index is 1570. The number of esters is 1. The highest BCUT2D eigenvalue weighted by atomic mass is 79.9. The maximum Gasteiger partial charge on any atom is 0.409 e. The minimum absolute atomic E-state index is 0.0403. The van der Waals surface area contributed by atoms with Gasteiger partial charge in [-0.25, -0.2) is 9.59 Å². The molecule has 13 nitrogen and oxygen atoms in total. The van der Waals surface area contributed by atoms with Gasteiger partial charge in [-0.15, -0.1) is 0 Å². The van der Waals surface area contributed by atoms with Gasteiger partial charge in [0.2, 0.25) is 5.91 Å². The maximum absolute atomic E-state index is 13.0. The molecule has 296 valence electrons. The number of carbonyl (C=O) groups is 4. The second kappa shape index (κ2) is 20.2. The molecule has 2 aromatic carbocycles. The lowest BCUT2D eigenvalue weighted by Crippen LogP contribution is -2.55. The number of urea groups is 1. The topological polar surface area (TPSA) is 135 Å². The number of benzene rings is 2. The van der Waals surface area contributed by atoms with Crippen molar-refractivity contribution >= 4 is 45.6 Å². The third kappa shape index (κ3) is 11.3. The lowest BCUT2D eigenvalue weighted by molar-refractivity contribution is -0.143. The number of likely N-dealkylation sites (tertiary alicyclic amines) is 2. The molecule has 4 amide bonds. The molecular weight excluding hydrogens is 756 g/mol. The molecule has 4 aliphatic rings. The molecule has 1 atom stereocenters. The molecule has 0 aromatic heterocycles. The fraction of sp³-hybridized carbons (Fsp3) is 0.600. The number of nitrogens with one attached hydrogen (secondary N) is 1. The van der Waals surface area contributed by atoms with Crippen molar-refractivity contribution in [3.05, 3.63) is 58.1 Å². The number of piperidine rings is 2. The molecule has 2 N–H and O–H groups in total. The third-order valence-corrected chi connectivity index (χ3v) is 11.7. The van der Waals surface area contributed by atoms with E-state index < -0.39 is 0 Å². The van der Waals surface area contributed by atoms with Crippen LogP contribution in [0.3, 0.4) is 0 Å². The van der Waals surface area contributed by atoms with E-state index in [0.29, 0.717) is 49.6 Å². The van der Waals surface area contributed by atoms with E-state index in [1.54, 1.807) is 11.0 Å². The third-order valence-electron chi connectivity index (χ3n) is 11.1. The molecule has 0 radical (unpaired) electrons. The van der Waals surface area contributed by atoms with Gasteiger partial charge in [-0.2, -0.15) is 0 Å². The van der Waals surface area contributed by atoms with E-state index in [9.17, 15) is 24.3 Å². The van der Waals surface area contributed by atoms with Gasteiger partial charge in [0, 0.05) is 76.0 Å². The summed E-state index contributed by atoms with van der Waals surface area (Å²) in [6.45, 7) is 12.5. The molecule has 0 spiro atoms. The van der Waals surface area contributed by atoms with Gasteiger partial charge in [0.25, 0.3) is 0 Å². The normalized spacial score (nSPS) is 19.5. The summed E-state index contributed by atoms with van der Waals surface area (Å²) in [7, 11) is 1.40. The van der Waals surface area contributed by atoms with E-state index in [1.807, 2.05) is 54.0 Å². The number of rotatable bonds is 9. The second-order valence-corrected chi connectivity index (χ2v) is 15.5. The number of piperazine rings is 1. The fourth-order valence-corrected chi connectivity index (χ4v) is 8.38. The van der Waals surface area contributed by atoms with Crippen LogP contribution in [0.25, 0.3) is 0 Å². The molecule has 54 heavy (non-hydrogen) atoms. The van der Waals surface area contributed by atoms with Crippen LogP contribution < -0.4 is 5.32 Å². The molecule has 0 unspecified atom stereocenters. The van der Waals surface area contributed by atoms with Gasteiger partial charge < -0.3 is 39.5 Å². The van der Waals surface area contributed by atoms with E-state index in [1.165, 1.54) is 12.7 Å². The standard InChI is InChI=1S/C24H36BrN3O4.C16H21N3O3/c1-3-32-23(30)8-11-26-9-6-20(7-10-26)27-12-14-28(15-13-27)24(31)18(2)16-19-4-5-22(29)21(25)17-19;1-22-16(21)18-9-7-13(8-10-18)19-11-6-12-4-2-3-5-14(12)17-15(19)20/h4-5,17-18,20,29H,3,6-16H2,1-2H3;2-5,13H,6-11H2,1H3,(H,17,20)/t18-;/m1./s1. The van der Waals surface area contributed by atoms with Gasteiger partial charge in [-0.1, -0.05) is 31.2 Å². The Morgan fingerprint density at radius 1 is 0.907 bits per heavy atom. The molecule has 0 saturated carbocycles. The van der Waals surface area contributed by atoms with Crippen LogP contribution >= 0.6 is 15.9 Å². The van der Waals surface area contributed by atoms with Crippen molar-refractivity contribution in [1.82, 2.24) is 24.5 Å². The van der Waals surface area contributed by atoms with Gasteiger partial charge in [-0.05, 0) is 104 Å². The number of hydrogen-bond acceptors (Lipinski definition) is 9. The number of halogens is 1. The van der Waals surface area contributed by atoms with Crippen LogP contribution in [0.4, 0.5) is 15.3 Å². The number of aromatic hydroxyl groups is 1. The molecule has 0 bridgehead atoms. The van der Waals surface area contributed by atoms with E-state index in [2.05, 4.69) is 37.1 Å². The van der Waals surface area contributed by atoms with Crippen LogP contribution in [-0.4, -0.2) is 145 Å². The zero-order chi connectivity index (χ0) is 38.6. The number of nitrogens with zero attached hydrogens (tertiary/aromatic N) is 5. The number of anilines is 1. The number of ether oxygens (including phenoxy) is 2. The van der Waals surface area contributed by atoms with Crippen molar-refractivity contribution < 1.29 is 33.8 Å². The molecule has 6 rings (SSSR count). The first-order valence-electron chi connectivity index (χ1n) is 19.4. The van der Waals surface area contributed by atoms with Crippen LogP contribution in [0.1, 0.15) is 57.1 Å². The number of methoxy groups -OCH3 is 1. The molecule has 4 aliphatic heterocycles. The minimum atomic E-state index is -0.286. The van der Waals surface area contributed by atoms with E-state index in [4.69, 9.17) is 9.47 Å². The highest BCUT2D eigenvalue weighted by molar-refractivity contribution is 9.10. The molecule has 14 heteroatoms. The Hall–Kier alpha value is -3.88. The fourth-order valence-electron chi connectivity index (χ4n) is 7.96. The van der Waals surface area contributed by atoms with Crippen molar-refractivity contribution in [2.45, 2.75) is 70.9 Å². The smallest absolute Gasteiger partial charge is 0.409 e. The first-order chi connectivity index (χ1) is 26.1. The molecule has 4 heterocycles. The number of hydrogen-bond donors (Lipinski definition) is 2. The van der Waals surface area contributed by atoms with Crippen LogP contribution in [0.2, 0.25) is 0 Å². The van der Waals surface area contributed by atoms with Gasteiger partial charge in [0.1, 0.15) is 5.75 Å². The van der Waals surface area contributed by atoms with Crippen molar-refractivity contribution in [1.29, 1.82) is 0 Å². The van der Waals surface area contributed by atoms with Gasteiger partial charge in [0.05, 0.1) is 24.6 Å². The Labute approximate surface area is 328 Å². The highest BCUT2D eigenvalue weighted by Crippen LogP contribution is 2.27. The summed E-state index contributed by atoms with van der Waals surface area (Å²) in [6, 6.07) is 14.1. The highest BCUT2D eigenvalue weighted by Gasteiger charge is 2.32. The van der Waals surface area contributed by atoms with E-state index in [0.717, 1.165) is 89.2 Å². The molecule has 3 fully saturated rings. The minimum Gasteiger partial charge on any atom is -0.507 e. The number of fused-ring (bicyclic) bond motifs is 1. The van der Waals surface area contributed by atoms with Crippen molar-refractivity contribution in [3.8, 4) is 5.75 Å². The number of phenolic OH excluding ortho intramolecular Hbond substituents is 1. The molecule has 3 saturated heterocycles. The number of para-hydroxylation sites is 1. The van der Waals surface area contributed by atoms with E-state index in [-0.39, 0.29) is 41.7 Å². The Morgan fingerprint density at radius 3 is 2.26 bits per heavy atom. The van der Waals surface area contributed by atoms with Crippen LogP contribution in [0.15, 0.2) is 46.9 Å². The Balaban J connectivity index is 0.000000222. The lowest BCUT2D eigenvalue weighted by atomic mass is 9.98. The molecular formula is C40H57BrN6O7. The summed E-state index contributed by atoms with van der Waals surface area (Å²) in [4.78, 5) is 59.0. The summed E-state index contributed by atoms with van der Waals surface area (Å²) in [5.74, 6) is 0.236. The first kappa shape index (κ1) is 41.3. The average molecular weight is 814 g/mol. The lowest BCUT2D eigenvalue weighted by Gasteiger charge is -2.43. The summed E-state index contributed by atoms with van der Waals surface area (Å²) in [5.41, 5.74) is 3.12. The summed E-state index contributed by atoms with van der Waals surface area (Å²) >= 11 is 3.34. The predicted molar refractivity (Wildman–Crippen MR) is 210 cm³/mol. The van der Waals surface area contributed by atoms with Gasteiger partial charge in [0.15, 0.2) is 0 Å². The summed E-state index contributed by atoms with van der Waals surface area (Å²) in [5, 5.41) is 12.7. The number of phenols is 1. The molecule has 2 aromatic rings. The van der Waals surface area contributed by atoms with Gasteiger partial charge in [-0.3, -0.25) is 14.5 Å².